The van der Waals surface area contributed by atoms with Crippen LogP contribution in [-0.2, 0) is 4.79 Å². The van der Waals surface area contributed by atoms with E-state index in [1.165, 1.54) is 57.8 Å². The Morgan fingerprint density at radius 2 is 1.30 bits per heavy atom. The van der Waals surface area contributed by atoms with Gasteiger partial charge in [0.05, 0.1) is 0 Å². The minimum absolute atomic E-state index is 0.372. The molecule has 0 aliphatic carbocycles. The molecule has 0 aromatic rings. The van der Waals surface area contributed by atoms with Gasteiger partial charge < -0.3 is 10.2 Å². The molecule has 20 heavy (non-hydrogen) atoms. The highest BCUT2D eigenvalue weighted by atomic mass is 16.4. The number of allylic oxidation sites excluding steroid dienone is 1. The van der Waals surface area contributed by atoms with E-state index in [0.29, 0.717) is 12.2 Å². The Labute approximate surface area is 125 Å². The Bertz CT molecular complexity index is 224. The number of rotatable bonds is 11. The van der Waals surface area contributed by atoms with Crippen LogP contribution in [0.15, 0.2) is 11.6 Å². The van der Waals surface area contributed by atoms with Gasteiger partial charge >= 0.3 is 5.97 Å². The second-order valence-corrected chi connectivity index (χ2v) is 5.18. The van der Waals surface area contributed by atoms with Gasteiger partial charge in [0.15, 0.2) is 0 Å². The van der Waals surface area contributed by atoms with Gasteiger partial charge in [0, 0.05) is 12.2 Å². The number of hydrogen-bond donors (Lipinski definition) is 2. The molecule has 0 atom stereocenters. The van der Waals surface area contributed by atoms with Gasteiger partial charge in [0.2, 0.25) is 0 Å². The molecule has 0 spiro atoms. The van der Waals surface area contributed by atoms with Crippen molar-refractivity contribution in [2.24, 2.45) is 0 Å². The third kappa shape index (κ3) is 19.5. The number of carboxylic acid groups (broad SMARTS) is 1. The molecule has 0 heterocycles. The molecule has 0 rings (SSSR count). The summed E-state index contributed by atoms with van der Waals surface area (Å²) in [6.07, 6.45) is 14.9. The number of aliphatic hydroxyl groups excluding tert-OH is 1. The van der Waals surface area contributed by atoms with E-state index >= 15 is 0 Å². The smallest absolute Gasteiger partial charge is 0.330 e. The van der Waals surface area contributed by atoms with E-state index in [2.05, 4.69) is 6.92 Å². The van der Waals surface area contributed by atoms with Crippen LogP contribution in [-0.4, -0.2) is 22.8 Å². The number of carboxylic acids is 1. The fraction of sp³-hybridized carbons (Fsp3) is 0.824. The predicted octanol–water partition coefficient (Wildman–Crippen LogP) is 4.94. The standard InChI is InChI=1S/C12H26O.C5H8O2/c1-2-3-4-5-6-7-8-9-10-11-12-13;1-3-4(2)5(6)7/h13H,2-12H2,1H3;3H,1-2H3,(H,6,7). The minimum atomic E-state index is -0.845. The molecule has 3 heteroatoms. The van der Waals surface area contributed by atoms with E-state index in [9.17, 15) is 4.79 Å². The number of aliphatic hydroxyl groups is 1. The van der Waals surface area contributed by atoms with Gasteiger partial charge in [0.1, 0.15) is 0 Å². The first-order chi connectivity index (χ1) is 9.59. The average Bonchev–Trinajstić information content (AvgIpc) is 2.45. The molecule has 0 aromatic carbocycles. The summed E-state index contributed by atoms with van der Waals surface area (Å²) >= 11 is 0. The van der Waals surface area contributed by atoms with Crippen molar-refractivity contribution in [3.05, 3.63) is 11.6 Å². The highest BCUT2D eigenvalue weighted by molar-refractivity contribution is 5.85. The monoisotopic (exact) mass is 286 g/mol. The largest absolute Gasteiger partial charge is 0.478 e. The quantitative estimate of drug-likeness (QED) is 0.418. The van der Waals surface area contributed by atoms with Crippen molar-refractivity contribution >= 4 is 5.97 Å². The Kier molecular flexibility index (Phi) is 19.5. The molecule has 0 aromatic heterocycles. The fourth-order valence-electron chi connectivity index (χ4n) is 1.72. The molecule has 3 nitrogen and oxygen atoms in total. The summed E-state index contributed by atoms with van der Waals surface area (Å²) in [5, 5.41) is 16.7. The molecule has 0 unspecified atom stereocenters. The molecule has 0 radical (unpaired) electrons. The summed E-state index contributed by atoms with van der Waals surface area (Å²) in [5.74, 6) is -0.845. The second kappa shape index (κ2) is 18.2. The van der Waals surface area contributed by atoms with E-state index in [0.717, 1.165) is 6.42 Å². The summed E-state index contributed by atoms with van der Waals surface area (Å²) in [6, 6.07) is 0. The third-order valence-corrected chi connectivity index (χ3v) is 3.28. The third-order valence-electron chi connectivity index (χ3n) is 3.28. The zero-order chi connectivity index (χ0) is 15.6. The van der Waals surface area contributed by atoms with Crippen LogP contribution in [0.25, 0.3) is 0 Å². The van der Waals surface area contributed by atoms with Gasteiger partial charge in [-0.15, -0.1) is 0 Å². The SMILES string of the molecule is CC=C(C)C(=O)O.CCCCCCCCCCCCO. The van der Waals surface area contributed by atoms with Crippen molar-refractivity contribution in [2.45, 2.75) is 85.0 Å². The lowest BCUT2D eigenvalue weighted by Gasteiger charge is -2.00. The first kappa shape index (κ1) is 21.5. The maximum absolute atomic E-state index is 9.86. The van der Waals surface area contributed by atoms with Crippen molar-refractivity contribution < 1.29 is 15.0 Å². The van der Waals surface area contributed by atoms with E-state index < -0.39 is 5.97 Å². The molecular formula is C17H34O3. The van der Waals surface area contributed by atoms with Crippen molar-refractivity contribution in [1.82, 2.24) is 0 Å². The summed E-state index contributed by atoms with van der Waals surface area (Å²) in [5.41, 5.74) is 0.389. The zero-order valence-corrected chi connectivity index (χ0v) is 13.7. The van der Waals surface area contributed by atoms with Gasteiger partial charge in [-0.3, -0.25) is 0 Å². The molecule has 0 saturated heterocycles. The van der Waals surface area contributed by atoms with Crippen molar-refractivity contribution in [2.75, 3.05) is 6.61 Å². The lowest BCUT2D eigenvalue weighted by Crippen LogP contribution is -1.93. The van der Waals surface area contributed by atoms with Crippen LogP contribution in [0.5, 0.6) is 0 Å². The van der Waals surface area contributed by atoms with Gasteiger partial charge in [-0.05, 0) is 20.3 Å². The van der Waals surface area contributed by atoms with E-state index in [-0.39, 0.29) is 0 Å². The van der Waals surface area contributed by atoms with Crippen molar-refractivity contribution in [3.63, 3.8) is 0 Å². The van der Waals surface area contributed by atoms with E-state index in [1.807, 2.05) is 0 Å². The summed E-state index contributed by atoms with van der Waals surface area (Å²) in [4.78, 5) is 9.86. The second-order valence-electron chi connectivity index (χ2n) is 5.18. The number of carbonyl (C=O) groups is 1. The summed E-state index contributed by atoms with van der Waals surface area (Å²) < 4.78 is 0. The molecule has 2 N–H and O–H groups in total. The van der Waals surface area contributed by atoms with Crippen LogP contribution < -0.4 is 0 Å². The molecule has 0 bridgehead atoms. The normalized spacial score (nSPS) is 10.9. The molecule has 120 valence electrons. The lowest BCUT2D eigenvalue weighted by atomic mass is 10.1. The Morgan fingerprint density at radius 3 is 1.55 bits per heavy atom. The van der Waals surface area contributed by atoms with Crippen LogP contribution in [0.4, 0.5) is 0 Å². The molecule has 0 saturated carbocycles. The van der Waals surface area contributed by atoms with Gasteiger partial charge in [0.25, 0.3) is 0 Å². The molecule has 0 aliphatic heterocycles. The predicted molar refractivity (Wildman–Crippen MR) is 86.0 cm³/mol. The Balaban J connectivity index is 0. The van der Waals surface area contributed by atoms with E-state index in [1.54, 1.807) is 19.9 Å². The maximum atomic E-state index is 9.86. The van der Waals surface area contributed by atoms with E-state index in [4.69, 9.17) is 10.2 Å². The van der Waals surface area contributed by atoms with Crippen LogP contribution in [0.3, 0.4) is 0 Å². The van der Waals surface area contributed by atoms with Gasteiger partial charge in [-0.1, -0.05) is 70.8 Å². The van der Waals surface area contributed by atoms with Gasteiger partial charge in [-0.25, -0.2) is 4.79 Å². The number of hydrogen-bond acceptors (Lipinski definition) is 2. The van der Waals surface area contributed by atoms with Crippen molar-refractivity contribution in [3.8, 4) is 0 Å². The first-order valence-electron chi connectivity index (χ1n) is 8.07. The number of aliphatic carboxylic acids is 1. The Hall–Kier alpha value is -0.830. The van der Waals surface area contributed by atoms with Crippen LogP contribution >= 0.6 is 0 Å². The van der Waals surface area contributed by atoms with Gasteiger partial charge in [-0.2, -0.15) is 0 Å². The Morgan fingerprint density at radius 1 is 0.900 bits per heavy atom. The highest BCUT2D eigenvalue weighted by Gasteiger charge is 1.93. The van der Waals surface area contributed by atoms with Crippen molar-refractivity contribution in [1.29, 1.82) is 0 Å². The van der Waals surface area contributed by atoms with Crippen LogP contribution in [0.1, 0.15) is 85.0 Å². The molecule has 0 aliphatic rings. The van der Waals surface area contributed by atoms with Crippen LogP contribution in [0, 0.1) is 0 Å². The molecule has 0 fully saturated rings. The van der Waals surface area contributed by atoms with Crippen LogP contribution in [0.2, 0.25) is 0 Å². The highest BCUT2D eigenvalue weighted by Crippen LogP contribution is 2.09. The topological polar surface area (TPSA) is 57.5 Å². The summed E-state index contributed by atoms with van der Waals surface area (Å²) in [7, 11) is 0. The summed E-state index contributed by atoms with van der Waals surface area (Å²) in [6.45, 7) is 5.89. The fourth-order valence-corrected chi connectivity index (χ4v) is 1.72. The molecule has 0 amide bonds. The number of unbranched alkanes of at least 4 members (excludes halogenated alkanes) is 9. The zero-order valence-electron chi connectivity index (χ0n) is 13.7. The lowest BCUT2D eigenvalue weighted by molar-refractivity contribution is -0.132. The molecular weight excluding hydrogens is 252 g/mol. The minimum Gasteiger partial charge on any atom is -0.478 e. The first-order valence-corrected chi connectivity index (χ1v) is 8.07. The maximum Gasteiger partial charge on any atom is 0.330 e. The average molecular weight is 286 g/mol.